The lowest BCUT2D eigenvalue weighted by Crippen LogP contribution is -2.70. The molecular weight excluding hydrogens is 434 g/mol. The first-order chi connectivity index (χ1) is 15.4. The Labute approximate surface area is 189 Å². The molecule has 1 aliphatic carbocycles. The predicted molar refractivity (Wildman–Crippen MR) is 116 cm³/mol. The highest BCUT2D eigenvalue weighted by Gasteiger charge is 2.62. The summed E-state index contributed by atoms with van der Waals surface area (Å²) in [6.07, 6.45) is 4.13. The Bertz CT molecular complexity index is 1160. The van der Waals surface area contributed by atoms with Crippen LogP contribution >= 0.6 is 11.6 Å². The Morgan fingerprint density at radius 1 is 1.38 bits per heavy atom. The molecule has 2 aliphatic rings. The summed E-state index contributed by atoms with van der Waals surface area (Å²) >= 11 is 6.35. The van der Waals surface area contributed by atoms with Crippen molar-refractivity contribution in [2.45, 2.75) is 44.4 Å². The average molecular weight is 458 g/mol. The Hall–Kier alpha value is -2.98. The zero-order chi connectivity index (χ0) is 22.5. The number of urea groups is 1. The van der Waals surface area contributed by atoms with Crippen LogP contribution in [0, 0.1) is 5.92 Å². The molecule has 0 spiro atoms. The number of hydrogen-bond acceptors (Lipinski definition) is 7. The van der Waals surface area contributed by atoms with Gasteiger partial charge in [-0.25, -0.2) is 9.78 Å². The molecule has 0 radical (unpaired) electrons. The van der Waals surface area contributed by atoms with E-state index in [1.807, 2.05) is 4.90 Å². The van der Waals surface area contributed by atoms with Gasteiger partial charge >= 0.3 is 6.03 Å². The second kappa shape index (κ2) is 7.86. The summed E-state index contributed by atoms with van der Waals surface area (Å²) in [5, 5.41) is 16.2. The van der Waals surface area contributed by atoms with Gasteiger partial charge in [-0.3, -0.25) is 4.68 Å². The van der Waals surface area contributed by atoms with E-state index in [1.165, 1.54) is 0 Å². The van der Waals surface area contributed by atoms with Crippen LogP contribution in [0.15, 0.2) is 28.9 Å². The Kier molecular flexibility index (Phi) is 5.13. The zero-order valence-electron chi connectivity index (χ0n) is 18.1. The number of likely N-dealkylation sites (tertiary alicyclic amines) is 1. The first kappa shape index (κ1) is 20.9. The molecular formula is C21H24ClN7O3. The van der Waals surface area contributed by atoms with E-state index in [0.717, 1.165) is 19.3 Å². The minimum absolute atomic E-state index is 0.126. The molecule has 1 aliphatic heterocycles. The summed E-state index contributed by atoms with van der Waals surface area (Å²) in [4.78, 5) is 19.5. The molecule has 5 rings (SSSR count). The van der Waals surface area contributed by atoms with Crippen molar-refractivity contribution >= 4 is 23.3 Å². The lowest BCUT2D eigenvalue weighted by atomic mass is 9.64. The molecule has 3 heterocycles. The number of carbonyl (C=O) groups excluding carboxylic acids is 1. The molecule has 2 aromatic heterocycles. The molecule has 2 bridgehead atoms. The van der Waals surface area contributed by atoms with Crippen LogP contribution in [0.4, 0.5) is 10.5 Å². The molecule has 1 N–H and O–H groups in total. The van der Waals surface area contributed by atoms with Gasteiger partial charge < -0.3 is 19.4 Å². The number of fused-ring (bicyclic) bond motifs is 2. The van der Waals surface area contributed by atoms with E-state index in [4.69, 9.17) is 20.8 Å². The van der Waals surface area contributed by atoms with Crippen LogP contribution in [-0.2, 0) is 23.9 Å². The molecule has 168 valence electrons. The van der Waals surface area contributed by atoms with Crippen molar-refractivity contribution < 1.29 is 13.9 Å². The molecule has 2 fully saturated rings. The Morgan fingerprint density at radius 2 is 2.22 bits per heavy atom. The maximum Gasteiger partial charge on any atom is 0.323 e. The van der Waals surface area contributed by atoms with Gasteiger partial charge in [0.15, 0.2) is 5.82 Å². The summed E-state index contributed by atoms with van der Waals surface area (Å²) in [6, 6.07) is 5.19. The molecule has 1 saturated heterocycles. The van der Waals surface area contributed by atoms with E-state index in [-0.39, 0.29) is 18.7 Å². The third kappa shape index (κ3) is 3.43. The molecule has 2 amide bonds. The predicted octanol–water partition coefficient (Wildman–Crippen LogP) is 3.60. The quantitative estimate of drug-likeness (QED) is 0.623. The second-order valence-electron chi connectivity index (χ2n) is 8.61. The number of nitrogens with one attached hydrogen (secondary N) is 1. The molecule has 3 atom stereocenters. The molecule has 32 heavy (non-hydrogen) atoms. The summed E-state index contributed by atoms with van der Waals surface area (Å²) in [5.41, 5.74) is 0.669. The highest BCUT2D eigenvalue weighted by Crippen LogP contribution is 2.55. The van der Waals surface area contributed by atoms with Gasteiger partial charge in [-0.05, 0) is 37.0 Å². The summed E-state index contributed by atoms with van der Waals surface area (Å²) in [7, 11) is 3.36. The second-order valence-corrected chi connectivity index (χ2v) is 9.01. The number of halogens is 1. The van der Waals surface area contributed by atoms with Crippen molar-refractivity contribution in [2.75, 3.05) is 12.4 Å². The highest BCUT2D eigenvalue weighted by molar-refractivity contribution is 6.33. The fraction of sp³-hybridized carbons (Fsp3) is 0.476. The average Bonchev–Trinajstić information content (AvgIpc) is 3.38. The van der Waals surface area contributed by atoms with Gasteiger partial charge in [0, 0.05) is 37.9 Å². The number of methoxy groups -OCH3 is 1. The third-order valence-corrected chi connectivity index (χ3v) is 6.50. The zero-order valence-corrected chi connectivity index (χ0v) is 18.8. The normalized spacial score (nSPS) is 24.3. The first-order valence-electron chi connectivity index (χ1n) is 10.5. The van der Waals surface area contributed by atoms with Crippen LogP contribution in [0.25, 0.3) is 11.4 Å². The number of ether oxygens (including phenoxy) is 1. The van der Waals surface area contributed by atoms with Crippen molar-refractivity contribution in [3.05, 3.63) is 41.3 Å². The van der Waals surface area contributed by atoms with Gasteiger partial charge in [0.1, 0.15) is 18.5 Å². The van der Waals surface area contributed by atoms with Gasteiger partial charge in [0.25, 0.3) is 0 Å². The van der Waals surface area contributed by atoms with Gasteiger partial charge in [0.05, 0.1) is 5.02 Å². The third-order valence-electron chi connectivity index (χ3n) is 6.17. The number of benzene rings is 1. The summed E-state index contributed by atoms with van der Waals surface area (Å²) in [6.45, 7) is 2.43. The summed E-state index contributed by atoms with van der Waals surface area (Å²) < 4.78 is 12.6. The van der Waals surface area contributed by atoms with Crippen LogP contribution in [0.1, 0.15) is 38.0 Å². The number of anilines is 1. The van der Waals surface area contributed by atoms with E-state index >= 15 is 0 Å². The number of hydrogen-bond donors (Lipinski definition) is 1. The van der Waals surface area contributed by atoms with Gasteiger partial charge in [0.2, 0.25) is 11.8 Å². The van der Waals surface area contributed by atoms with Crippen molar-refractivity contribution in [2.24, 2.45) is 13.0 Å². The monoisotopic (exact) mass is 457 g/mol. The Morgan fingerprint density at radius 3 is 2.97 bits per heavy atom. The molecule has 11 heteroatoms. The van der Waals surface area contributed by atoms with E-state index in [0.29, 0.717) is 39.8 Å². The molecule has 10 nitrogen and oxygen atoms in total. The number of piperidine rings is 1. The van der Waals surface area contributed by atoms with Crippen molar-refractivity contribution in [3.8, 4) is 11.4 Å². The molecule has 1 aromatic carbocycles. The van der Waals surface area contributed by atoms with Crippen LogP contribution in [0.5, 0.6) is 0 Å². The van der Waals surface area contributed by atoms with Gasteiger partial charge in [-0.15, -0.1) is 10.2 Å². The molecule has 3 aromatic rings. The van der Waals surface area contributed by atoms with Crippen molar-refractivity contribution in [3.63, 3.8) is 0 Å². The van der Waals surface area contributed by atoms with Gasteiger partial charge in [-0.1, -0.05) is 18.5 Å². The number of amides is 2. The van der Waals surface area contributed by atoms with Crippen LogP contribution in [0.2, 0.25) is 5.02 Å². The largest absolute Gasteiger partial charge is 0.420 e. The first-order valence-corrected chi connectivity index (χ1v) is 10.8. The van der Waals surface area contributed by atoms with E-state index in [2.05, 4.69) is 32.5 Å². The Balaban J connectivity index is 1.41. The number of rotatable bonds is 5. The number of aryl methyl sites for hydroxylation is 1. The molecule has 1 saturated carbocycles. The number of aromatic nitrogens is 5. The lowest BCUT2D eigenvalue weighted by Gasteiger charge is -2.61. The topological polar surface area (TPSA) is 111 Å². The van der Waals surface area contributed by atoms with E-state index < -0.39 is 5.54 Å². The van der Waals surface area contributed by atoms with Crippen LogP contribution in [0.3, 0.4) is 0 Å². The summed E-state index contributed by atoms with van der Waals surface area (Å²) in [5.74, 6) is 1.82. The SMILES string of the molecule is COCc1nnc(C23C[C@@H](C)C[C@H](C2)N3C(=O)Nc2ccc(Cl)c(-c3ncn(C)n3)c2)o1. The van der Waals surface area contributed by atoms with E-state index in [9.17, 15) is 4.79 Å². The minimum Gasteiger partial charge on any atom is -0.420 e. The fourth-order valence-corrected chi connectivity index (χ4v) is 5.20. The maximum absolute atomic E-state index is 13.4. The molecule has 1 unspecified atom stereocenters. The standard InChI is InChI=1S/C21H24ClN7O3/c1-12-6-14-9-21(8-12,19-26-25-17(32-19)10-31-3)29(14)20(30)24-13-4-5-16(22)15(7-13)18-23-11-28(2)27-18/h4-5,7,11-12,14H,6,8-10H2,1-3H3,(H,24,30)/t12-,14+,21?/m0/s1. The van der Waals surface area contributed by atoms with Crippen molar-refractivity contribution in [1.82, 2.24) is 29.9 Å². The van der Waals surface area contributed by atoms with Crippen LogP contribution < -0.4 is 5.32 Å². The minimum atomic E-state index is -0.594. The fourth-order valence-electron chi connectivity index (χ4n) is 4.99. The highest BCUT2D eigenvalue weighted by atomic mass is 35.5. The number of nitrogens with zero attached hydrogens (tertiary/aromatic N) is 6. The van der Waals surface area contributed by atoms with Crippen LogP contribution in [-0.4, -0.2) is 49.0 Å². The smallest absolute Gasteiger partial charge is 0.323 e. The number of carbonyl (C=O) groups is 1. The van der Waals surface area contributed by atoms with Gasteiger partial charge in [-0.2, -0.15) is 5.10 Å². The van der Waals surface area contributed by atoms with Crippen molar-refractivity contribution in [1.29, 1.82) is 0 Å². The maximum atomic E-state index is 13.4. The van der Waals surface area contributed by atoms with E-state index in [1.54, 1.807) is 43.4 Å². The lowest BCUT2D eigenvalue weighted by molar-refractivity contribution is -0.110.